The van der Waals surface area contributed by atoms with E-state index in [4.69, 9.17) is 15.2 Å². The predicted octanol–water partition coefficient (Wildman–Crippen LogP) is 5.02. The summed E-state index contributed by atoms with van der Waals surface area (Å²) in [7, 11) is 1.65. The van der Waals surface area contributed by atoms with E-state index in [-0.39, 0.29) is 0 Å². The summed E-state index contributed by atoms with van der Waals surface area (Å²) in [6.07, 6.45) is 0. The van der Waals surface area contributed by atoms with E-state index in [0.29, 0.717) is 13.2 Å². The van der Waals surface area contributed by atoms with Crippen LogP contribution < -0.4 is 15.2 Å². The largest absolute Gasteiger partial charge is 0.496 e. The van der Waals surface area contributed by atoms with Gasteiger partial charge in [-0.25, -0.2) is 0 Å². The Bertz CT molecular complexity index is 624. The summed E-state index contributed by atoms with van der Waals surface area (Å²) in [4.78, 5) is 0. The van der Waals surface area contributed by atoms with Crippen LogP contribution in [0.3, 0.4) is 0 Å². The number of halogens is 3. The number of hydrogen-bond acceptors (Lipinski definition) is 3. The van der Waals surface area contributed by atoms with Crippen molar-refractivity contribution in [2.24, 2.45) is 5.73 Å². The smallest absolute Gasteiger partial charge is 0.148 e. The van der Waals surface area contributed by atoms with Crippen LogP contribution in [0.4, 0.5) is 0 Å². The zero-order chi connectivity index (χ0) is 15.4. The first-order valence-corrected chi connectivity index (χ1v) is 8.56. The molecule has 0 fully saturated rings. The van der Waals surface area contributed by atoms with Crippen LogP contribution in [0.15, 0.2) is 43.7 Å². The Balaban J connectivity index is 2.24. The van der Waals surface area contributed by atoms with Crippen LogP contribution in [-0.4, -0.2) is 7.11 Å². The average Bonchev–Trinajstić information content (AvgIpc) is 2.45. The summed E-state index contributed by atoms with van der Waals surface area (Å²) in [5.74, 6) is 1.54. The van der Waals surface area contributed by atoms with Crippen molar-refractivity contribution < 1.29 is 9.47 Å². The molecule has 0 aliphatic heterocycles. The van der Waals surface area contributed by atoms with Gasteiger partial charge in [0.05, 0.1) is 16.1 Å². The molecule has 0 heterocycles. The molecule has 112 valence electrons. The first-order chi connectivity index (χ1) is 10.0. The molecule has 0 saturated heterocycles. The monoisotopic (exact) mass is 477 g/mol. The molecule has 0 aliphatic carbocycles. The normalized spacial score (nSPS) is 10.5. The first-order valence-electron chi connectivity index (χ1n) is 6.18. The maximum atomic E-state index is 5.92. The second-order valence-corrected chi connectivity index (χ2v) is 6.96. The van der Waals surface area contributed by atoms with Gasteiger partial charge in [-0.05, 0) is 61.7 Å². The topological polar surface area (TPSA) is 44.5 Å². The third-order valence-electron chi connectivity index (χ3n) is 2.92. The van der Waals surface area contributed by atoms with Gasteiger partial charge >= 0.3 is 0 Å². The van der Waals surface area contributed by atoms with Crippen molar-refractivity contribution in [2.75, 3.05) is 7.11 Å². The van der Waals surface area contributed by atoms with Gasteiger partial charge in [-0.15, -0.1) is 0 Å². The summed E-state index contributed by atoms with van der Waals surface area (Å²) in [5.41, 5.74) is 7.69. The summed E-state index contributed by atoms with van der Waals surface area (Å²) >= 11 is 10.4. The molecule has 0 radical (unpaired) electrons. The van der Waals surface area contributed by atoms with Crippen molar-refractivity contribution in [3.8, 4) is 11.5 Å². The molecule has 2 N–H and O–H groups in total. The molecule has 2 rings (SSSR count). The second-order valence-electron chi connectivity index (χ2n) is 4.34. The van der Waals surface area contributed by atoms with E-state index in [1.165, 1.54) is 0 Å². The van der Waals surface area contributed by atoms with Crippen molar-refractivity contribution in [2.45, 2.75) is 13.2 Å². The molecular weight excluding hydrogens is 466 g/mol. The Morgan fingerprint density at radius 3 is 2.29 bits per heavy atom. The molecule has 2 aromatic carbocycles. The van der Waals surface area contributed by atoms with Crippen LogP contribution >= 0.6 is 47.8 Å². The van der Waals surface area contributed by atoms with Crippen LogP contribution in [0.5, 0.6) is 11.5 Å². The van der Waals surface area contributed by atoms with E-state index in [0.717, 1.165) is 36.0 Å². The molecule has 2 aromatic rings. The molecule has 0 spiro atoms. The Kier molecular flexibility index (Phi) is 6.10. The minimum Gasteiger partial charge on any atom is -0.496 e. The molecule has 0 aliphatic rings. The van der Waals surface area contributed by atoms with Gasteiger partial charge in [0.2, 0.25) is 0 Å². The van der Waals surface area contributed by atoms with Crippen molar-refractivity contribution in [3.05, 3.63) is 54.9 Å². The fraction of sp³-hybridized carbons (Fsp3) is 0.200. The van der Waals surface area contributed by atoms with Crippen LogP contribution in [0, 0.1) is 0 Å². The lowest BCUT2D eigenvalue weighted by atomic mass is 10.1. The van der Waals surface area contributed by atoms with Crippen molar-refractivity contribution >= 4 is 47.8 Å². The SMILES string of the molecule is COc1ccc(CN)cc1COc1c(Br)cc(Br)cc1Br. The molecule has 0 amide bonds. The van der Waals surface area contributed by atoms with Crippen molar-refractivity contribution in [1.82, 2.24) is 0 Å². The van der Waals surface area contributed by atoms with Crippen LogP contribution in [0.1, 0.15) is 11.1 Å². The number of rotatable bonds is 5. The van der Waals surface area contributed by atoms with E-state index in [1.807, 2.05) is 30.3 Å². The quantitative estimate of drug-likeness (QED) is 0.655. The summed E-state index contributed by atoms with van der Waals surface area (Å²) in [5, 5.41) is 0. The van der Waals surface area contributed by atoms with E-state index in [2.05, 4.69) is 47.8 Å². The number of ether oxygens (including phenoxy) is 2. The van der Waals surface area contributed by atoms with Gasteiger partial charge in [0, 0.05) is 16.6 Å². The zero-order valence-corrected chi connectivity index (χ0v) is 16.1. The molecule has 0 atom stereocenters. The van der Waals surface area contributed by atoms with Gasteiger partial charge < -0.3 is 15.2 Å². The fourth-order valence-corrected chi connectivity index (χ4v) is 4.38. The van der Waals surface area contributed by atoms with Crippen molar-refractivity contribution in [3.63, 3.8) is 0 Å². The lowest BCUT2D eigenvalue weighted by Gasteiger charge is -2.14. The molecular formula is C15H14Br3NO2. The Labute approximate surface area is 149 Å². The second kappa shape index (κ2) is 7.63. The van der Waals surface area contributed by atoms with Gasteiger partial charge in [-0.1, -0.05) is 22.0 Å². The first kappa shape index (κ1) is 16.8. The highest BCUT2D eigenvalue weighted by Crippen LogP contribution is 2.37. The van der Waals surface area contributed by atoms with Crippen LogP contribution in [0.25, 0.3) is 0 Å². The lowest BCUT2D eigenvalue weighted by molar-refractivity contribution is 0.293. The average molecular weight is 480 g/mol. The molecule has 3 nitrogen and oxygen atoms in total. The van der Waals surface area contributed by atoms with E-state index in [9.17, 15) is 0 Å². The Hall–Kier alpha value is -0.560. The van der Waals surface area contributed by atoms with Gasteiger partial charge in [-0.3, -0.25) is 0 Å². The fourth-order valence-electron chi connectivity index (χ4n) is 1.89. The predicted molar refractivity (Wildman–Crippen MR) is 94.8 cm³/mol. The molecule has 0 unspecified atom stereocenters. The maximum Gasteiger partial charge on any atom is 0.148 e. The molecule has 21 heavy (non-hydrogen) atoms. The van der Waals surface area contributed by atoms with Gasteiger partial charge in [0.25, 0.3) is 0 Å². The lowest BCUT2D eigenvalue weighted by Crippen LogP contribution is -2.03. The third-order valence-corrected chi connectivity index (χ3v) is 4.55. The molecule has 0 bridgehead atoms. The number of hydrogen-bond donors (Lipinski definition) is 1. The Morgan fingerprint density at radius 2 is 1.71 bits per heavy atom. The van der Waals surface area contributed by atoms with Crippen LogP contribution in [-0.2, 0) is 13.2 Å². The van der Waals surface area contributed by atoms with E-state index < -0.39 is 0 Å². The minimum absolute atomic E-state index is 0.399. The van der Waals surface area contributed by atoms with Gasteiger partial charge in [0.1, 0.15) is 18.1 Å². The van der Waals surface area contributed by atoms with E-state index >= 15 is 0 Å². The molecule has 0 saturated carbocycles. The maximum absolute atomic E-state index is 5.92. The molecule has 0 aromatic heterocycles. The Morgan fingerprint density at radius 1 is 1.05 bits per heavy atom. The van der Waals surface area contributed by atoms with Gasteiger partial charge in [0.15, 0.2) is 0 Å². The summed E-state index contributed by atoms with van der Waals surface area (Å²) in [6.45, 7) is 0.887. The van der Waals surface area contributed by atoms with Crippen LogP contribution in [0.2, 0.25) is 0 Å². The highest BCUT2D eigenvalue weighted by atomic mass is 79.9. The van der Waals surface area contributed by atoms with Gasteiger partial charge in [-0.2, -0.15) is 0 Å². The zero-order valence-electron chi connectivity index (χ0n) is 11.3. The summed E-state index contributed by atoms with van der Waals surface area (Å²) in [6, 6.07) is 9.74. The molecule has 6 heteroatoms. The number of methoxy groups -OCH3 is 1. The summed E-state index contributed by atoms with van der Waals surface area (Å²) < 4.78 is 14.0. The van der Waals surface area contributed by atoms with E-state index in [1.54, 1.807) is 7.11 Å². The number of benzene rings is 2. The third kappa shape index (κ3) is 4.22. The minimum atomic E-state index is 0.399. The van der Waals surface area contributed by atoms with Crippen molar-refractivity contribution in [1.29, 1.82) is 0 Å². The highest BCUT2D eigenvalue weighted by Gasteiger charge is 2.11. The number of nitrogens with two attached hydrogens (primary N) is 1. The standard InChI is InChI=1S/C15H14Br3NO2/c1-20-14-3-2-9(7-19)4-10(14)8-21-15-12(17)5-11(16)6-13(15)18/h2-6H,7-8,19H2,1H3. The highest BCUT2D eigenvalue weighted by molar-refractivity contribution is 9.11.